The van der Waals surface area contributed by atoms with Gasteiger partial charge in [0.2, 0.25) is 5.91 Å². The van der Waals surface area contributed by atoms with Crippen LogP contribution in [0.3, 0.4) is 0 Å². The molecule has 0 unspecified atom stereocenters. The molecule has 1 aliphatic heterocycles. The number of amides is 1. The summed E-state index contributed by atoms with van der Waals surface area (Å²) in [6.07, 6.45) is 0. The summed E-state index contributed by atoms with van der Waals surface area (Å²) in [5.41, 5.74) is 2.45. The zero-order valence-corrected chi connectivity index (χ0v) is 15.2. The van der Waals surface area contributed by atoms with E-state index in [9.17, 15) is 4.79 Å². The minimum Gasteiger partial charge on any atom is -0.457 e. The second-order valence-corrected chi connectivity index (χ2v) is 6.52. The molecule has 0 aliphatic carbocycles. The Morgan fingerprint density at radius 3 is 2.19 bits per heavy atom. The summed E-state index contributed by atoms with van der Waals surface area (Å²) in [4.78, 5) is 12.9. The summed E-state index contributed by atoms with van der Waals surface area (Å²) < 4.78 is 5.93. The Balaban J connectivity index is 1.55. The first kappa shape index (κ1) is 17.2. The number of hydrogen-bond acceptors (Lipinski definition) is 2. The molecular weight excluding hydrogens is 358 g/mol. The number of ether oxygens (including phenoxy) is 1. The average Bonchev–Trinajstić information content (AvgIpc) is 2.70. The van der Waals surface area contributed by atoms with Crippen molar-refractivity contribution in [3.05, 3.63) is 94.5 Å². The van der Waals surface area contributed by atoms with Crippen LogP contribution < -0.4 is 10.1 Å². The quantitative estimate of drug-likeness (QED) is 0.658. The zero-order valence-electron chi connectivity index (χ0n) is 14.4. The number of rotatable bonds is 2. The van der Waals surface area contributed by atoms with Crippen LogP contribution in [0.2, 0.25) is 5.02 Å². The Labute approximate surface area is 162 Å². The first-order valence-electron chi connectivity index (χ1n) is 8.61. The Morgan fingerprint density at radius 2 is 1.52 bits per heavy atom. The monoisotopic (exact) mass is 373 g/mol. The molecule has 0 saturated heterocycles. The number of hydrogen-bond donors (Lipinski definition) is 1. The topological polar surface area (TPSA) is 38.3 Å². The summed E-state index contributed by atoms with van der Waals surface area (Å²) in [6, 6.07) is 22.6. The molecule has 1 aliphatic rings. The minimum absolute atomic E-state index is 0.105. The third-order valence-electron chi connectivity index (χ3n) is 4.39. The van der Waals surface area contributed by atoms with Crippen molar-refractivity contribution in [2.75, 3.05) is 6.54 Å². The van der Waals surface area contributed by atoms with Crippen molar-refractivity contribution in [3.63, 3.8) is 0 Å². The van der Waals surface area contributed by atoms with Crippen molar-refractivity contribution >= 4 is 17.5 Å². The normalized spacial score (nSPS) is 12.0. The standard InChI is InChI=1S/C23H16ClNO2/c24-19-12-4-1-8-16(19)9-7-15-25-23(26)22-17-10-2-5-13-20(17)27-21-14-6-3-11-18(21)22/h1-6,8,10-14,22H,15H2,(H,25,26). The summed E-state index contributed by atoms with van der Waals surface area (Å²) in [6.45, 7) is 0.242. The van der Waals surface area contributed by atoms with Crippen LogP contribution in [0.1, 0.15) is 22.6 Å². The molecule has 3 nitrogen and oxygen atoms in total. The van der Waals surface area contributed by atoms with E-state index in [4.69, 9.17) is 16.3 Å². The first-order valence-corrected chi connectivity index (χ1v) is 8.98. The van der Waals surface area contributed by atoms with Gasteiger partial charge in [-0.05, 0) is 24.3 Å². The Morgan fingerprint density at radius 1 is 0.926 bits per heavy atom. The van der Waals surface area contributed by atoms with Crippen molar-refractivity contribution in [2.24, 2.45) is 0 Å². The van der Waals surface area contributed by atoms with Crippen LogP contribution in [0.25, 0.3) is 0 Å². The number of para-hydroxylation sites is 2. The maximum Gasteiger partial charge on any atom is 0.233 e. The maximum atomic E-state index is 12.9. The van der Waals surface area contributed by atoms with Crippen LogP contribution >= 0.6 is 11.6 Å². The smallest absolute Gasteiger partial charge is 0.233 e. The molecule has 1 N–H and O–H groups in total. The predicted octanol–water partition coefficient (Wildman–Crippen LogP) is 4.75. The van der Waals surface area contributed by atoms with Gasteiger partial charge in [-0.3, -0.25) is 4.79 Å². The number of carbonyl (C=O) groups is 1. The molecule has 4 heteroatoms. The van der Waals surface area contributed by atoms with E-state index in [2.05, 4.69) is 17.2 Å². The molecule has 4 rings (SSSR count). The van der Waals surface area contributed by atoms with Crippen LogP contribution in [0, 0.1) is 11.8 Å². The van der Waals surface area contributed by atoms with Gasteiger partial charge in [0.25, 0.3) is 0 Å². The molecule has 0 saturated carbocycles. The van der Waals surface area contributed by atoms with Crippen molar-refractivity contribution in [2.45, 2.75) is 5.92 Å². The number of fused-ring (bicyclic) bond motifs is 2. The van der Waals surface area contributed by atoms with Crippen LogP contribution in [0.15, 0.2) is 72.8 Å². The van der Waals surface area contributed by atoms with E-state index in [0.717, 1.165) is 16.7 Å². The van der Waals surface area contributed by atoms with Gasteiger partial charge in [0.15, 0.2) is 0 Å². The van der Waals surface area contributed by atoms with Gasteiger partial charge in [-0.25, -0.2) is 0 Å². The van der Waals surface area contributed by atoms with E-state index < -0.39 is 5.92 Å². The highest BCUT2D eigenvalue weighted by atomic mass is 35.5. The highest BCUT2D eigenvalue weighted by Gasteiger charge is 2.31. The van der Waals surface area contributed by atoms with Crippen LogP contribution in [0.4, 0.5) is 0 Å². The van der Waals surface area contributed by atoms with Gasteiger partial charge >= 0.3 is 0 Å². The largest absolute Gasteiger partial charge is 0.457 e. The lowest BCUT2D eigenvalue weighted by molar-refractivity contribution is -0.121. The van der Waals surface area contributed by atoms with Gasteiger partial charge in [0, 0.05) is 16.7 Å². The van der Waals surface area contributed by atoms with E-state index in [-0.39, 0.29) is 12.5 Å². The van der Waals surface area contributed by atoms with E-state index in [1.54, 1.807) is 6.07 Å². The molecule has 0 bridgehead atoms. The second-order valence-electron chi connectivity index (χ2n) is 6.11. The van der Waals surface area contributed by atoms with Crippen molar-refractivity contribution < 1.29 is 9.53 Å². The van der Waals surface area contributed by atoms with Crippen LogP contribution in [-0.2, 0) is 4.79 Å². The number of halogens is 1. The lowest BCUT2D eigenvalue weighted by Gasteiger charge is -2.27. The molecule has 1 heterocycles. The molecule has 0 fully saturated rings. The van der Waals surface area contributed by atoms with Crippen LogP contribution in [-0.4, -0.2) is 12.5 Å². The predicted molar refractivity (Wildman–Crippen MR) is 106 cm³/mol. The number of nitrogens with one attached hydrogen (secondary N) is 1. The molecule has 0 atom stereocenters. The molecule has 27 heavy (non-hydrogen) atoms. The van der Waals surface area contributed by atoms with Gasteiger partial charge in [-0.2, -0.15) is 0 Å². The van der Waals surface area contributed by atoms with E-state index in [1.807, 2.05) is 66.7 Å². The van der Waals surface area contributed by atoms with Gasteiger partial charge in [0.1, 0.15) is 11.5 Å². The fourth-order valence-electron chi connectivity index (χ4n) is 3.13. The lowest BCUT2D eigenvalue weighted by atomic mass is 9.87. The fraction of sp³-hybridized carbons (Fsp3) is 0.0870. The molecule has 3 aromatic carbocycles. The van der Waals surface area contributed by atoms with Gasteiger partial charge in [-0.1, -0.05) is 72.0 Å². The van der Waals surface area contributed by atoms with E-state index >= 15 is 0 Å². The second kappa shape index (κ2) is 7.57. The summed E-state index contributed by atoms with van der Waals surface area (Å²) in [5, 5.41) is 3.51. The lowest BCUT2D eigenvalue weighted by Crippen LogP contribution is -2.31. The zero-order chi connectivity index (χ0) is 18.6. The third-order valence-corrected chi connectivity index (χ3v) is 4.72. The SMILES string of the molecule is O=C(NCC#Cc1ccccc1Cl)C1c2ccccc2Oc2ccccc21. The van der Waals surface area contributed by atoms with Crippen molar-refractivity contribution in [1.29, 1.82) is 0 Å². The molecule has 3 aromatic rings. The Hall–Kier alpha value is -3.22. The van der Waals surface area contributed by atoms with Crippen molar-refractivity contribution in [1.82, 2.24) is 5.32 Å². The molecular formula is C23H16ClNO2. The Kier molecular flexibility index (Phi) is 4.82. The number of benzene rings is 3. The highest BCUT2D eigenvalue weighted by Crippen LogP contribution is 2.43. The summed E-state index contributed by atoms with van der Waals surface area (Å²) in [7, 11) is 0. The van der Waals surface area contributed by atoms with Gasteiger partial charge in [-0.15, -0.1) is 0 Å². The number of carbonyl (C=O) groups excluding carboxylic acids is 1. The van der Waals surface area contributed by atoms with E-state index in [1.165, 1.54) is 0 Å². The molecule has 0 aromatic heterocycles. The highest BCUT2D eigenvalue weighted by molar-refractivity contribution is 6.31. The average molecular weight is 374 g/mol. The molecule has 1 amide bonds. The Bertz CT molecular complexity index is 1020. The van der Waals surface area contributed by atoms with E-state index in [0.29, 0.717) is 16.5 Å². The third kappa shape index (κ3) is 3.53. The van der Waals surface area contributed by atoms with Gasteiger partial charge < -0.3 is 10.1 Å². The molecule has 132 valence electrons. The van der Waals surface area contributed by atoms with Crippen molar-refractivity contribution in [3.8, 4) is 23.3 Å². The first-order chi connectivity index (χ1) is 13.2. The fourth-order valence-corrected chi connectivity index (χ4v) is 3.31. The minimum atomic E-state index is -0.423. The molecule has 0 radical (unpaired) electrons. The summed E-state index contributed by atoms with van der Waals surface area (Å²) >= 11 is 6.10. The maximum absolute atomic E-state index is 12.9. The van der Waals surface area contributed by atoms with Crippen LogP contribution in [0.5, 0.6) is 11.5 Å². The van der Waals surface area contributed by atoms with Gasteiger partial charge in [0.05, 0.1) is 17.5 Å². The molecule has 0 spiro atoms. The summed E-state index contributed by atoms with van der Waals surface area (Å²) in [5.74, 6) is 6.84.